The highest BCUT2D eigenvalue weighted by molar-refractivity contribution is 7.50. The number of unbranched alkanes of at least 4 members (excludes halogenated alkanes) is 11. The summed E-state index contributed by atoms with van der Waals surface area (Å²) in [5.41, 5.74) is -2.07. The van der Waals surface area contributed by atoms with Crippen LogP contribution < -0.4 is 5.09 Å². The van der Waals surface area contributed by atoms with E-state index in [4.69, 9.17) is 4.52 Å². The van der Waals surface area contributed by atoms with E-state index in [1.807, 2.05) is 0 Å². The van der Waals surface area contributed by atoms with E-state index in [2.05, 4.69) is 12.0 Å². The summed E-state index contributed by atoms with van der Waals surface area (Å²) in [6.45, 7) is 1.41. The van der Waals surface area contributed by atoms with Crippen LogP contribution in [-0.4, -0.2) is 58.9 Å². The maximum absolute atomic E-state index is 12.1. The van der Waals surface area contributed by atoms with Crippen LogP contribution in [0.1, 0.15) is 84.0 Å². The molecule has 2 atom stereocenters. The predicted octanol–water partition coefficient (Wildman–Crippen LogP) is 3.73. The van der Waals surface area contributed by atoms with Gasteiger partial charge >= 0.3 is 13.7 Å². The Bertz CT molecular complexity index is 464. The third-order valence-corrected chi connectivity index (χ3v) is 6.12. The Morgan fingerprint density at radius 1 is 0.964 bits per heavy atom. The molecular weight excluding hydrogens is 383 g/mol. The molecule has 0 amide bonds. The molecule has 9 heteroatoms. The van der Waals surface area contributed by atoms with Crippen molar-refractivity contribution in [2.75, 3.05) is 27.3 Å². The number of hydrogen-bond donors (Lipinski definition) is 4. The fourth-order valence-electron chi connectivity index (χ4n) is 2.98. The first-order chi connectivity index (χ1) is 13.2. The van der Waals surface area contributed by atoms with Gasteiger partial charge in [-0.25, -0.2) is 9.36 Å². The summed E-state index contributed by atoms with van der Waals surface area (Å²) in [7, 11) is -1.57. The molecule has 8 nitrogen and oxygen atoms in total. The Morgan fingerprint density at radius 2 is 1.39 bits per heavy atom. The van der Waals surface area contributed by atoms with Gasteiger partial charge < -0.3 is 15.1 Å². The zero-order valence-corrected chi connectivity index (χ0v) is 18.8. The highest BCUT2D eigenvalue weighted by Crippen LogP contribution is 2.40. The van der Waals surface area contributed by atoms with E-state index < -0.39 is 26.0 Å². The third-order valence-electron chi connectivity index (χ3n) is 4.94. The largest absolute Gasteiger partial charge is 0.479 e. The van der Waals surface area contributed by atoms with Crippen LogP contribution in [0.25, 0.3) is 0 Å². The molecule has 0 bridgehead atoms. The van der Waals surface area contributed by atoms with Crippen molar-refractivity contribution in [2.24, 2.45) is 0 Å². The van der Waals surface area contributed by atoms with Crippen LogP contribution in [0.2, 0.25) is 0 Å². The van der Waals surface area contributed by atoms with Crippen LogP contribution in [0, 0.1) is 0 Å². The van der Waals surface area contributed by atoms with Gasteiger partial charge in [-0.15, -0.1) is 0 Å². The second-order valence-corrected chi connectivity index (χ2v) is 9.10. The van der Waals surface area contributed by atoms with E-state index in [1.54, 1.807) is 0 Å². The Hall–Kier alpha value is -0.500. The average molecular weight is 425 g/mol. The van der Waals surface area contributed by atoms with Gasteiger partial charge in [-0.1, -0.05) is 77.6 Å². The summed E-state index contributed by atoms with van der Waals surface area (Å²) in [6.07, 6.45) is 14.1. The van der Waals surface area contributed by atoms with Gasteiger partial charge in [-0.05, 0) is 20.5 Å². The van der Waals surface area contributed by atoms with Crippen LogP contribution >= 0.6 is 7.75 Å². The van der Waals surface area contributed by atoms with Crippen LogP contribution in [0.15, 0.2) is 0 Å². The molecule has 4 N–H and O–H groups in total. The van der Waals surface area contributed by atoms with Crippen LogP contribution in [0.3, 0.4) is 0 Å². The molecule has 28 heavy (non-hydrogen) atoms. The third kappa shape index (κ3) is 11.5. The summed E-state index contributed by atoms with van der Waals surface area (Å²) in [4.78, 5) is 22.4. The lowest BCUT2D eigenvalue weighted by Gasteiger charge is -2.35. The summed E-state index contributed by atoms with van der Waals surface area (Å²) in [5, 5.41) is 20.7. The summed E-state index contributed by atoms with van der Waals surface area (Å²) >= 11 is 0. The first-order valence-corrected chi connectivity index (χ1v) is 12.1. The fourth-order valence-corrected chi connectivity index (χ4v) is 4.26. The predicted molar refractivity (Wildman–Crippen MR) is 111 cm³/mol. The van der Waals surface area contributed by atoms with Crippen molar-refractivity contribution in [1.29, 1.82) is 0 Å². The van der Waals surface area contributed by atoms with Crippen molar-refractivity contribution >= 4 is 13.7 Å². The normalized spacial score (nSPS) is 16.1. The van der Waals surface area contributed by atoms with E-state index in [9.17, 15) is 24.5 Å². The number of carboxylic acids is 1. The number of nitrogens with one attached hydrogen (secondary N) is 1. The lowest BCUT2D eigenvalue weighted by Crippen LogP contribution is -2.63. The van der Waals surface area contributed by atoms with E-state index in [-0.39, 0.29) is 6.61 Å². The molecular formula is C19H41N2O6P. The Labute approximate surface area is 170 Å². The molecule has 0 aliphatic heterocycles. The van der Waals surface area contributed by atoms with Crippen LogP contribution in [-0.2, 0) is 13.9 Å². The van der Waals surface area contributed by atoms with Gasteiger partial charge in [0.05, 0.1) is 13.2 Å². The first kappa shape index (κ1) is 27.5. The minimum absolute atomic E-state index is 0.0623. The molecule has 0 rings (SSSR count). The number of nitrogens with zero attached hydrogens (tertiary/aromatic N) is 1. The van der Waals surface area contributed by atoms with Gasteiger partial charge in [0.15, 0.2) is 0 Å². The van der Waals surface area contributed by atoms with Crippen molar-refractivity contribution in [2.45, 2.75) is 89.6 Å². The molecule has 0 aliphatic carbocycles. The van der Waals surface area contributed by atoms with Crippen molar-refractivity contribution < 1.29 is 29.0 Å². The lowest BCUT2D eigenvalue weighted by molar-refractivity contribution is -0.154. The first-order valence-electron chi connectivity index (χ1n) is 10.5. The van der Waals surface area contributed by atoms with Gasteiger partial charge in [0, 0.05) is 0 Å². The summed E-state index contributed by atoms with van der Waals surface area (Å²) in [6, 6.07) is 0. The molecule has 168 valence electrons. The molecule has 0 radical (unpaired) electrons. The van der Waals surface area contributed by atoms with Gasteiger partial charge in [-0.2, -0.15) is 5.09 Å². The standard InChI is InChI=1S/C19H41N2O6P/c1-4-5-6-7-8-9-10-11-12-13-14-15-16-27-28(25,26)20-19(17-22,18(23)24)21(2)3/h22H,4-17H2,1-3H3,(H,23,24)(H2,20,25,26)/t19-/m1/s1. The molecule has 0 saturated heterocycles. The van der Waals surface area contributed by atoms with Gasteiger partial charge in [0.1, 0.15) is 0 Å². The Kier molecular flexibility index (Phi) is 15.1. The second-order valence-electron chi connectivity index (χ2n) is 7.57. The molecule has 0 aliphatic rings. The minimum Gasteiger partial charge on any atom is -0.479 e. The van der Waals surface area contributed by atoms with Crippen LogP contribution in [0.5, 0.6) is 0 Å². The van der Waals surface area contributed by atoms with Crippen molar-refractivity contribution in [3.8, 4) is 0 Å². The van der Waals surface area contributed by atoms with Gasteiger partial charge in [0.2, 0.25) is 5.66 Å². The van der Waals surface area contributed by atoms with E-state index >= 15 is 0 Å². The smallest absolute Gasteiger partial charge is 0.405 e. The van der Waals surface area contributed by atoms with Gasteiger partial charge in [0.25, 0.3) is 0 Å². The second kappa shape index (κ2) is 15.4. The average Bonchev–Trinajstić information content (AvgIpc) is 2.63. The van der Waals surface area contributed by atoms with E-state index in [0.29, 0.717) is 6.42 Å². The topological polar surface area (TPSA) is 119 Å². The molecule has 0 aromatic rings. The van der Waals surface area contributed by atoms with Gasteiger partial charge in [-0.3, -0.25) is 9.42 Å². The molecule has 0 spiro atoms. The Morgan fingerprint density at radius 3 is 1.75 bits per heavy atom. The number of carboxylic acid groups (broad SMARTS) is 1. The molecule has 0 aromatic heterocycles. The number of aliphatic carboxylic acids is 1. The Balaban J connectivity index is 3.87. The summed E-state index contributed by atoms with van der Waals surface area (Å²) in [5.74, 6) is -1.46. The van der Waals surface area contributed by atoms with Crippen molar-refractivity contribution in [1.82, 2.24) is 9.99 Å². The number of hydrogen-bond acceptors (Lipinski definition) is 5. The summed E-state index contributed by atoms with van der Waals surface area (Å²) < 4.78 is 17.1. The maximum atomic E-state index is 12.1. The monoisotopic (exact) mass is 424 g/mol. The molecule has 1 unspecified atom stereocenters. The highest BCUT2D eigenvalue weighted by Gasteiger charge is 2.46. The number of aliphatic hydroxyl groups is 1. The highest BCUT2D eigenvalue weighted by atomic mass is 31.2. The minimum atomic E-state index is -4.35. The van der Waals surface area contributed by atoms with E-state index in [1.165, 1.54) is 65.5 Å². The molecule has 0 saturated carbocycles. The maximum Gasteiger partial charge on any atom is 0.405 e. The zero-order chi connectivity index (χ0) is 21.5. The number of rotatable bonds is 19. The van der Waals surface area contributed by atoms with Crippen molar-refractivity contribution in [3.05, 3.63) is 0 Å². The van der Waals surface area contributed by atoms with Crippen molar-refractivity contribution in [3.63, 3.8) is 0 Å². The fraction of sp³-hybridized carbons (Fsp3) is 0.947. The lowest BCUT2D eigenvalue weighted by atomic mass is 10.1. The zero-order valence-electron chi connectivity index (χ0n) is 17.9. The number of likely N-dealkylation sites (N-methyl/N-ethyl adjacent to an activating group) is 1. The molecule has 0 aromatic carbocycles. The van der Waals surface area contributed by atoms with Crippen LogP contribution in [0.4, 0.5) is 0 Å². The SMILES string of the molecule is CCCCCCCCCCCCCCOP(=O)(O)N[C@@](CO)(C(=O)O)N(C)C. The molecule has 0 fully saturated rings. The number of carbonyl (C=O) groups is 1. The van der Waals surface area contributed by atoms with E-state index in [0.717, 1.165) is 24.2 Å². The quantitative estimate of drug-likeness (QED) is 0.141. The number of aliphatic hydroxyl groups excluding tert-OH is 1. The molecule has 0 heterocycles.